The minimum Gasteiger partial charge on any atom is -0.335 e. The molecule has 1 heterocycles. The third-order valence-corrected chi connectivity index (χ3v) is 3.08. The van der Waals surface area contributed by atoms with Crippen LogP contribution in [0.5, 0.6) is 0 Å². The zero-order valence-corrected chi connectivity index (χ0v) is 10.6. The van der Waals surface area contributed by atoms with E-state index in [1.165, 1.54) is 9.80 Å². The second-order valence-corrected chi connectivity index (χ2v) is 4.40. The smallest absolute Gasteiger partial charge is 0.247 e. The number of Topliss-reactive ketones (excluding diaryl/α,β-unsaturated/α-hetero) is 1. The molecule has 1 aromatic carbocycles. The van der Waals surface area contributed by atoms with Crippen LogP contribution in [0, 0.1) is 0 Å². The quantitative estimate of drug-likeness (QED) is 0.753. The number of piperazine rings is 1. The van der Waals surface area contributed by atoms with Crippen LogP contribution in [-0.2, 0) is 9.59 Å². The molecule has 1 saturated heterocycles. The molecule has 1 aliphatic heterocycles. The van der Waals surface area contributed by atoms with E-state index in [2.05, 4.69) is 0 Å². The van der Waals surface area contributed by atoms with Gasteiger partial charge < -0.3 is 15.5 Å². The predicted molar refractivity (Wildman–Crippen MR) is 69.8 cm³/mol. The summed E-state index contributed by atoms with van der Waals surface area (Å²) >= 11 is 0. The summed E-state index contributed by atoms with van der Waals surface area (Å²) in [5.41, 5.74) is 6.39. The molecule has 1 aromatic rings. The summed E-state index contributed by atoms with van der Waals surface area (Å²) in [6.07, 6.45) is 0. The Kier molecular flexibility index (Phi) is 3.62. The van der Waals surface area contributed by atoms with Crippen LogP contribution in [0.1, 0.15) is 10.4 Å². The minimum atomic E-state index is -0.160. The summed E-state index contributed by atoms with van der Waals surface area (Å²) in [7, 11) is 1.60. The standard InChI is InChI=1S/C13H15N3O3/c1-15-7-13(19)16(8-12(15)18)10-4-2-9(3-5-10)11(17)6-14/h2-5H,6-8,14H2,1H3. The predicted octanol–water partition coefficient (Wildman–Crippen LogP) is -0.367. The van der Waals surface area contributed by atoms with Gasteiger partial charge in [0.1, 0.15) is 6.54 Å². The molecule has 0 bridgehead atoms. The molecular weight excluding hydrogens is 246 g/mol. The monoisotopic (exact) mass is 261 g/mol. The number of hydrogen-bond acceptors (Lipinski definition) is 4. The van der Waals surface area contributed by atoms with Gasteiger partial charge in [0.05, 0.1) is 13.1 Å². The molecule has 100 valence electrons. The summed E-state index contributed by atoms with van der Waals surface area (Å²) < 4.78 is 0. The van der Waals surface area contributed by atoms with Crippen molar-refractivity contribution in [3.63, 3.8) is 0 Å². The Morgan fingerprint density at radius 1 is 1.16 bits per heavy atom. The van der Waals surface area contributed by atoms with Crippen molar-refractivity contribution in [1.82, 2.24) is 4.90 Å². The summed E-state index contributed by atoms with van der Waals surface area (Å²) in [5, 5.41) is 0. The molecule has 6 nitrogen and oxygen atoms in total. The molecule has 1 fully saturated rings. The fraction of sp³-hybridized carbons (Fsp3) is 0.308. The molecule has 0 saturated carbocycles. The van der Waals surface area contributed by atoms with Crippen molar-refractivity contribution in [3.05, 3.63) is 29.8 Å². The minimum absolute atomic E-state index is 0.0273. The first-order valence-electron chi connectivity index (χ1n) is 5.90. The van der Waals surface area contributed by atoms with Gasteiger partial charge in [-0.25, -0.2) is 0 Å². The van der Waals surface area contributed by atoms with Crippen molar-refractivity contribution in [2.75, 3.05) is 31.6 Å². The Labute approximate surface area is 110 Å². The number of anilines is 1. The zero-order valence-electron chi connectivity index (χ0n) is 10.6. The van der Waals surface area contributed by atoms with Crippen molar-refractivity contribution < 1.29 is 14.4 Å². The van der Waals surface area contributed by atoms with Gasteiger partial charge in [-0.2, -0.15) is 0 Å². The summed E-state index contributed by atoms with van der Waals surface area (Å²) in [6.45, 7) is 0.0487. The average molecular weight is 261 g/mol. The molecule has 19 heavy (non-hydrogen) atoms. The number of ketones is 1. The van der Waals surface area contributed by atoms with Crippen LogP contribution in [0.4, 0.5) is 5.69 Å². The Morgan fingerprint density at radius 3 is 2.37 bits per heavy atom. The van der Waals surface area contributed by atoms with Crippen LogP contribution in [-0.4, -0.2) is 49.2 Å². The fourth-order valence-corrected chi connectivity index (χ4v) is 1.90. The van der Waals surface area contributed by atoms with E-state index in [-0.39, 0.29) is 37.2 Å². The number of rotatable bonds is 3. The lowest BCUT2D eigenvalue weighted by atomic mass is 10.1. The van der Waals surface area contributed by atoms with Crippen LogP contribution in [0.25, 0.3) is 0 Å². The number of nitrogens with two attached hydrogens (primary N) is 1. The zero-order chi connectivity index (χ0) is 14.0. The van der Waals surface area contributed by atoms with E-state index in [9.17, 15) is 14.4 Å². The van der Waals surface area contributed by atoms with Gasteiger partial charge in [-0.15, -0.1) is 0 Å². The van der Waals surface area contributed by atoms with Crippen molar-refractivity contribution in [3.8, 4) is 0 Å². The van der Waals surface area contributed by atoms with Gasteiger partial charge in [-0.05, 0) is 24.3 Å². The van der Waals surface area contributed by atoms with Gasteiger partial charge >= 0.3 is 0 Å². The largest absolute Gasteiger partial charge is 0.335 e. The SMILES string of the molecule is CN1CC(=O)N(c2ccc(C(=O)CN)cc2)CC1=O. The molecule has 0 spiro atoms. The highest BCUT2D eigenvalue weighted by molar-refractivity contribution is 6.05. The third kappa shape index (κ3) is 2.63. The topological polar surface area (TPSA) is 83.7 Å². The van der Waals surface area contributed by atoms with E-state index in [1.807, 2.05) is 0 Å². The molecule has 2 N–H and O–H groups in total. The number of nitrogens with zero attached hydrogens (tertiary/aromatic N) is 2. The van der Waals surface area contributed by atoms with Crippen molar-refractivity contribution in [2.45, 2.75) is 0 Å². The van der Waals surface area contributed by atoms with Crippen LogP contribution in [0.15, 0.2) is 24.3 Å². The van der Waals surface area contributed by atoms with Gasteiger partial charge in [0, 0.05) is 18.3 Å². The molecular formula is C13H15N3O3. The lowest BCUT2D eigenvalue weighted by molar-refractivity contribution is -0.136. The van der Waals surface area contributed by atoms with Gasteiger partial charge in [0.2, 0.25) is 11.8 Å². The Hall–Kier alpha value is -2.21. The van der Waals surface area contributed by atoms with Crippen molar-refractivity contribution in [1.29, 1.82) is 0 Å². The third-order valence-electron chi connectivity index (χ3n) is 3.08. The summed E-state index contributed by atoms with van der Waals surface area (Å²) in [5.74, 6) is -0.408. The molecule has 0 atom stereocenters. The maximum atomic E-state index is 11.9. The van der Waals surface area contributed by atoms with Gasteiger partial charge in [-0.1, -0.05) is 0 Å². The van der Waals surface area contributed by atoms with E-state index < -0.39 is 0 Å². The Bertz CT molecular complexity index is 524. The van der Waals surface area contributed by atoms with Crippen molar-refractivity contribution >= 4 is 23.3 Å². The van der Waals surface area contributed by atoms with Crippen LogP contribution < -0.4 is 10.6 Å². The highest BCUT2D eigenvalue weighted by atomic mass is 16.2. The van der Waals surface area contributed by atoms with Gasteiger partial charge in [0.15, 0.2) is 5.78 Å². The molecule has 6 heteroatoms. The molecule has 0 unspecified atom stereocenters. The molecule has 0 aliphatic carbocycles. The lowest BCUT2D eigenvalue weighted by Crippen LogP contribution is -2.52. The molecule has 0 radical (unpaired) electrons. The van der Waals surface area contributed by atoms with E-state index in [4.69, 9.17) is 5.73 Å². The number of benzene rings is 1. The highest BCUT2D eigenvalue weighted by Gasteiger charge is 2.28. The Morgan fingerprint density at radius 2 is 1.79 bits per heavy atom. The van der Waals surface area contributed by atoms with Crippen molar-refractivity contribution in [2.24, 2.45) is 5.73 Å². The maximum Gasteiger partial charge on any atom is 0.247 e. The second-order valence-electron chi connectivity index (χ2n) is 4.40. The first kappa shape index (κ1) is 13.2. The maximum absolute atomic E-state index is 11.9. The number of carbonyl (C=O) groups excluding carboxylic acids is 3. The van der Waals surface area contributed by atoms with Gasteiger partial charge in [-0.3, -0.25) is 14.4 Å². The second kappa shape index (κ2) is 5.19. The molecule has 0 aromatic heterocycles. The summed E-state index contributed by atoms with van der Waals surface area (Å²) in [4.78, 5) is 37.7. The Balaban J connectivity index is 2.20. The molecule has 2 rings (SSSR count). The normalized spacial score (nSPS) is 15.9. The number of amides is 2. The first-order chi connectivity index (χ1) is 9.02. The van der Waals surface area contributed by atoms with Gasteiger partial charge in [0.25, 0.3) is 0 Å². The number of hydrogen-bond donors (Lipinski definition) is 1. The average Bonchev–Trinajstić information content (AvgIpc) is 2.42. The van der Waals surface area contributed by atoms with E-state index in [0.29, 0.717) is 11.3 Å². The highest BCUT2D eigenvalue weighted by Crippen LogP contribution is 2.18. The van der Waals surface area contributed by atoms with Crippen LogP contribution in [0.3, 0.4) is 0 Å². The lowest BCUT2D eigenvalue weighted by Gasteiger charge is -2.31. The van der Waals surface area contributed by atoms with E-state index in [0.717, 1.165) is 0 Å². The first-order valence-corrected chi connectivity index (χ1v) is 5.90. The van der Waals surface area contributed by atoms with Crippen LogP contribution >= 0.6 is 0 Å². The number of likely N-dealkylation sites (N-methyl/N-ethyl adjacent to an activating group) is 1. The van der Waals surface area contributed by atoms with E-state index >= 15 is 0 Å². The molecule has 2 amide bonds. The number of carbonyl (C=O) groups is 3. The van der Waals surface area contributed by atoms with E-state index in [1.54, 1.807) is 31.3 Å². The molecule has 1 aliphatic rings. The fourth-order valence-electron chi connectivity index (χ4n) is 1.90. The van der Waals surface area contributed by atoms with Crippen LogP contribution in [0.2, 0.25) is 0 Å². The summed E-state index contributed by atoms with van der Waals surface area (Å²) in [6, 6.07) is 6.53.